The summed E-state index contributed by atoms with van der Waals surface area (Å²) < 4.78 is 2.30. The molecule has 3 rings (SSSR count). The Balaban J connectivity index is 2.09. The largest absolute Gasteiger partial charge is 0.353 e. The van der Waals surface area contributed by atoms with Crippen molar-refractivity contribution in [1.82, 2.24) is 9.55 Å². The van der Waals surface area contributed by atoms with Gasteiger partial charge >= 0.3 is 0 Å². The molecule has 1 aliphatic rings. The average Bonchev–Trinajstić information content (AvgIpc) is 2.74. The van der Waals surface area contributed by atoms with Gasteiger partial charge in [-0.2, -0.15) is 0 Å². The van der Waals surface area contributed by atoms with Crippen molar-refractivity contribution in [1.29, 1.82) is 0 Å². The Morgan fingerprint density at radius 1 is 1.24 bits per heavy atom. The van der Waals surface area contributed by atoms with Crippen LogP contribution >= 0.6 is 0 Å². The van der Waals surface area contributed by atoms with E-state index in [0.29, 0.717) is 12.1 Å². The number of nitrogens with one attached hydrogen (secondary N) is 1. The smallest absolute Gasteiger partial charge is 0.203 e. The topological polar surface area (TPSA) is 29.9 Å². The molecule has 17 heavy (non-hydrogen) atoms. The molecule has 0 amide bonds. The van der Waals surface area contributed by atoms with Gasteiger partial charge in [-0.3, -0.25) is 0 Å². The van der Waals surface area contributed by atoms with Crippen LogP contribution in [-0.2, 0) is 0 Å². The minimum absolute atomic E-state index is 0.499. The number of aromatic nitrogens is 2. The van der Waals surface area contributed by atoms with Gasteiger partial charge in [-0.05, 0) is 25.8 Å². The molecular weight excluding hydrogens is 210 g/mol. The van der Waals surface area contributed by atoms with Crippen LogP contribution in [0.5, 0.6) is 0 Å². The molecule has 3 nitrogen and oxygen atoms in total. The zero-order chi connectivity index (χ0) is 11.8. The molecule has 1 aromatic carbocycles. The lowest BCUT2D eigenvalue weighted by atomic mass is 10.1. The highest BCUT2D eigenvalue weighted by molar-refractivity contribution is 5.62. The molecule has 0 aliphatic carbocycles. The Morgan fingerprint density at radius 3 is 2.76 bits per heavy atom. The second-order valence-electron chi connectivity index (χ2n) is 4.83. The number of anilines is 1. The summed E-state index contributed by atoms with van der Waals surface area (Å²) in [6, 6.07) is 11.4. The molecule has 0 saturated carbocycles. The van der Waals surface area contributed by atoms with Gasteiger partial charge in [-0.25, -0.2) is 4.98 Å². The zero-order valence-corrected chi connectivity index (χ0v) is 10.2. The first-order valence-electron chi connectivity index (χ1n) is 6.15. The summed E-state index contributed by atoms with van der Waals surface area (Å²) in [5.41, 5.74) is 2.43. The highest BCUT2D eigenvalue weighted by atomic mass is 15.3. The molecule has 1 aliphatic heterocycles. The fraction of sp³-hybridized carbons (Fsp3) is 0.357. The van der Waals surface area contributed by atoms with Crippen molar-refractivity contribution >= 4 is 5.95 Å². The highest BCUT2D eigenvalue weighted by Crippen LogP contribution is 2.32. The summed E-state index contributed by atoms with van der Waals surface area (Å²) in [6.45, 7) is 4.46. The van der Waals surface area contributed by atoms with E-state index in [2.05, 4.69) is 53.0 Å². The first kappa shape index (κ1) is 10.4. The van der Waals surface area contributed by atoms with Crippen LogP contribution in [0.1, 0.15) is 26.3 Å². The van der Waals surface area contributed by atoms with Crippen LogP contribution in [0.15, 0.2) is 36.5 Å². The Hall–Kier alpha value is -1.77. The molecular formula is C14H17N3. The summed E-state index contributed by atoms with van der Waals surface area (Å²) in [4.78, 5) is 4.49. The van der Waals surface area contributed by atoms with E-state index in [1.807, 2.05) is 12.3 Å². The fourth-order valence-electron chi connectivity index (χ4n) is 2.63. The predicted molar refractivity (Wildman–Crippen MR) is 70.1 cm³/mol. The van der Waals surface area contributed by atoms with Gasteiger partial charge in [-0.1, -0.05) is 30.3 Å². The predicted octanol–water partition coefficient (Wildman–Crippen LogP) is 3.32. The van der Waals surface area contributed by atoms with Crippen molar-refractivity contribution in [2.75, 3.05) is 5.32 Å². The van der Waals surface area contributed by atoms with Crippen LogP contribution in [0.4, 0.5) is 5.95 Å². The van der Waals surface area contributed by atoms with E-state index in [1.165, 1.54) is 11.3 Å². The Bertz CT molecular complexity index is 516. The number of rotatable bonds is 1. The van der Waals surface area contributed by atoms with E-state index < -0.39 is 0 Å². The van der Waals surface area contributed by atoms with Crippen molar-refractivity contribution in [3.8, 4) is 11.3 Å². The Labute approximate surface area is 101 Å². The number of benzene rings is 1. The van der Waals surface area contributed by atoms with E-state index in [1.54, 1.807) is 0 Å². The SMILES string of the molecule is CC1CC(C)n2c(-c3ccccc3)cnc2N1. The van der Waals surface area contributed by atoms with Crippen LogP contribution < -0.4 is 5.32 Å². The van der Waals surface area contributed by atoms with Gasteiger partial charge in [0.1, 0.15) is 0 Å². The van der Waals surface area contributed by atoms with Crippen LogP contribution in [0, 0.1) is 0 Å². The Kier molecular flexibility index (Phi) is 2.39. The third-order valence-corrected chi connectivity index (χ3v) is 3.38. The standard InChI is InChI=1S/C14H17N3/c1-10-8-11(2)17-13(9-15-14(17)16-10)12-6-4-3-5-7-12/h3-7,9-11H,8H2,1-2H3,(H,15,16). The van der Waals surface area contributed by atoms with E-state index in [-0.39, 0.29) is 0 Å². The molecule has 2 heterocycles. The fourth-order valence-corrected chi connectivity index (χ4v) is 2.63. The lowest BCUT2D eigenvalue weighted by Gasteiger charge is -2.29. The van der Waals surface area contributed by atoms with Crippen molar-refractivity contribution in [3.63, 3.8) is 0 Å². The number of imidazole rings is 1. The van der Waals surface area contributed by atoms with Crippen LogP contribution in [0.2, 0.25) is 0 Å². The second kappa shape index (κ2) is 3.91. The minimum Gasteiger partial charge on any atom is -0.353 e. The Morgan fingerprint density at radius 2 is 2.00 bits per heavy atom. The van der Waals surface area contributed by atoms with Gasteiger partial charge < -0.3 is 9.88 Å². The van der Waals surface area contributed by atoms with E-state index in [4.69, 9.17) is 0 Å². The van der Waals surface area contributed by atoms with E-state index in [9.17, 15) is 0 Å². The molecule has 2 unspecified atom stereocenters. The molecule has 0 fully saturated rings. The van der Waals surface area contributed by atoms with Crippen molar-refractivity contribution in [3.05, 3.63) is 36.5 Å². The quantitative estimate of drug-likeness (QED) is 0.810. The zero-order valence-electron chi connectivity index (χ0n) is 10.2. The van der Waals surface area contributed by atoms with Gasteiger partial charge in [0, 0.05) is 12.1 Å². The number of fused-ring (bicyclic) bond motifs is 1. The van der Waals surface area contributed by atoms with Gasteiger partial charge in [0.15, 0.2) is 0 Å². The molecule has 0 spiro atoms. The van der Waals surface area contributed by atoms with Crippen LogP contribution in [0.25, 0.3) is 11.3 Å². The molecule has 0 radical (unpaired) electrons. The van der Waals surface area contributed by atoms with Crippen molar-refractivity contribution < 1.29 is 0 Å². The first-order valence-corrected chi connectivity index (χ1v) is 6.15. The van der Waals surface area contributed by atoms with Gasteiger partial charge in [-0.15, -0.1) is 0 Å². The molecule has 2 atom stereocenters. The summed E-state index contributed by atoms with van der Waals surface area (Å²) in [5, 5.41) is 3.43. The van der Waals surface area contributed by atoms with Crippen molar-refractivity contribution in [2.45, 2.75) is 32.4 Å². The van der Waals surface area contributed by atoms with Gasteiger partial charge in [0.2, 0.25) is 5.95 Å². The lowest BCUT2D eigenvalue weighted by Crippen LogP contribution is -2.28. The third-order valence-electron chi connectivity index (χ3n) is 3.38. The molecule has 2 aromatic rings. The molecule has 0 saturated heterocycles. The van der Waals surface area contributed by atoms with E-state index in [0.717, 1.165) is 12.4 Å². The molecule has 0 bridgehead atoms. The maximum Gasteiger partial charge on any atom is 0.203 e. The lowest BCUT2D eigenvalue weighted by molar-refractivity contribution is 0.452. The normalized spacial score (nSPS) is 22.9. The summed E-state index contributed by atoms with van der Waals surface area (Å²) >= 11 is 0. The van der Waals surface area contributed by atoms with E-state index >= 15 is 0 Å². The summed E-state index contributed by atoms with van der Waals surface area (Å²) in [5.74, 6) is 0.995. The molecule has 1 aromatic heterocycles. The molecule has 1 N–H and O–H groups in total. The van der Waals surface area contributed by atoms with Gasteiger partial charge in [0.05, 0.1) is 11.9 Å². The summed E-state index contributed by atoms with van der Waals surface area (Å²) in [6.07, 6.45) is 3.11. The maximum atomic E-state index is 4.49. The monoisotopic (exact) mass is 227 g/mol. The highest BCUT2D eigenvalue weighted by Gasteiger charge is 2.24. The first-order chi connectivity index (χ1) is 8.25. The number of hydrogen-bond acceptors (Lipinski definition) is 2. The second-order valence-corrected chi connectivity index (χ2v) is 4.83. The van der Waals surface area contributed by atoms with Crippen LogP contribution in [-0.4, -0.2) is 15.6 Å². The maximum absolute atomic E-state index is 4.49. The number of nitrogens with zero attached hydrogens (tertiary/aromatic N) is 2. The number of hydrogen-bond donors (Lipinski definition) is 1. The molecule has 3 heteroatoms. The minimum atomic E-state index is 0.499. The van der Waals surface area contributed by atoms with Crippen molar-refractivity contribution in [2.24, 2.45) is 0 Å². The third kappa shape index (κ3) is 1.71. The summed E-state index contributed by atoms with van der Waals surface area (Å²) in [7, 11) is 0. The average molecular weight is 227 g/mol. The van der Waals surface area contributed by atoms with Crippen LogP contribution in [0.3, 0.4) is 0 Å². The van der Waals surface area contributed by atoms with Gasteiger partial charge in [0.25, 0.3) is 0 Å². The molecule has 88 valence electrons.